The van der Waals surface area contributed by atoms with Crippen molar-refractivity contribution in [2.75, 3.05) is 0 Å². The Balaban J connectivity index is 1.11. The molecule has 0 aliphatic rings. The first-order valence-electron chi connectivity index (χ1n) is 18.5. The standard InChI is InChI=1S/C51H31N3O/c1-2-13-36(14-3-1)49-52-50(41-28-24-33-12-5-7-16-38(33)30-41)54-51(53-49)43-19-10-20-45-47(43)44-31-40-17-8-9-18-42(40)46(48(44)55-45)35-25-21-34(22-26-35)39-27-23-32-11-4-6-15-37(32)29-39/h1-31H. The summed E-state index contributed by atoms with van der Waals surface area (Å²) in [5.74, 6) is 1.84. The van der Waals surface area contributed by atoms with E-state index < -0.39 is 0 Å². The lowest BCUT2D eigenvalue weighted by molar-refractivity contribution is 0.670. The van der Waals surface area contributed by atoms with Crippen molar-refractivity contribution in [3.05, 3.63) is 188 Å². The third-order valence-electron chi connectivity index (χ3n) is 10.7. The van der Waals surface area contributed by atoms with Gasteiger partial charge in [0.15, 0.2) is 17.5 Å². The van der Waals surface area contributed by atoms with E-state index in [1.165, 1.54) is 27.3 Å². The van der Waals surface area contributed by atoms with E-state index in [1.54, 1.807) is 0 Å². The molecule has 0 saturated heterocycles. The normalized spacial score (nSPS) is 11.6. The zero-order chi connectivity index (χ0) is 36.3. The fraction of sp³-hybridized carbons (Fsp3) is 0. The maximum atomic E-state index is 6.88. The highest BCUT2D eigenvalue weighted by molar-refractivity contribution is 6.21. The number of benzene rings is 9. The molecule has 0 bridgehead atoms. The zero-order valence-electron chi connectivity index (χ0n) is 29.6. The number of furan rings is 1. The van der Waals surface area contributed by atoms with Crippen LogP contribution in [-0.2, 0) is 0 Å². The molecule has 55 heavy (non-hydrogen) atoms. The maximum absolute atomic E-state index is 6.88. The van der Waals surface area contributed by atoms with E-state index in [4.69, 9.17) is 19.4 Å². The summed E-state index contributed by atoms with van der Waals surface area (Å²) in [4.78, 5) is 15.3. The summed E-state index contributed by atoms with van der Waals surface area (Å²) in [5.41, 5.74) is 8.90. The van der Waals surface area contributed by atoms with Crippen LogP contribution in [0.5, 0.6) is 0 Å². The van der Waals surface area contributed by atoms with Crippen LogP contribution < -0.4 is 0 Å². The predicted octanol–water partition coefficient (Wildman–Crippen LogP) is 13.6. The molecule has 0 aliphatic carbocycles. The fourth-order valence-electron chi connectivity index (χ4n) is 7.97. The van der Waals surface area contributed by atoms with Gasteiger partial charge in [-0.15, -0.1) is 0 Å². The molecular formula is C51H31N3O. The van der Waals surface area contributed by atoms with E-state index in [0.717, 1.165) is 65.9 Å². The first kappa shape index (κ1) is 31.1. The minimum absolute atomic E-state index is 0.597. The molecule has 2 aromatic heterocycles. The van der Waals surface area contributed by atoms with Gasteiger partial charge in [-0.1, -0.05) is 164 Å². The minimum Gasteiger partial charge on any atom is -0.455 e. The van der Waals surface area contributed by atoms with Crippen LogP contribution in [0.2, 0.25) is 0 Å². The topological polar surface area (TPSA) is 51.8 Å². The van der Waals surface area contributed by atoms with Crippen molar-refractivity contribution in [1.82, 2.24) is 15.0 Å². The Morgan fingerprint density at radius 2 is 0.891 bits per heavy atom. The van der Waals surface area contributed by atoms with Gasteiger partial charge in [-0.05, 0) is 73.3 Å². The largest absolute Gasteiger partial charge is 0.455 e. The molecule has 256 valence electrons. The summed E-state index contributed by atoms with van der Waals surface area (Å²) in [7, 11) is 0. The summed E-state index contributed by atoms with van der Waals surface area (Å²) >= 11 is 0. The number of nitrogens with zero attached hydrogens (tertiary/aromatic N) is 3. The number of aromatic nitrogens is 3. The first-order valence-corrected chi connectivity index (χ1v) is 18.5. The van der Waals surface area contributed by atoms with Gasteiger partial charge in [0.25, 0.3) is 0 Å². The first-order chi connectivity index (χ1) is 27.2. The summed E-state index contributed by atoms with van der Waals surface area (Å²) in [6, 6.07) is 65.8. The molecule has 0 fully saturated rings. The Morgan fingerprint density at radius 3 is 1.64 bits per heavy atom. The molecule has 0 aliphatic heterocycles. The van der Waals surface area contributed by atoms with Gasteiger partial charge in [-0.25, -0.2) is 15.0 Å². The Bertz CT molecular complexity index is 3260. The molecule has 4 heteroatoms. The van der Waals surface area contributed by atoms with E-state index in [-0.39, 0.29) is 0 Å². The van der Waals surface area contributed by atoms with Crippen LogP contribution in [0.1, 0.15) is 0 Å². The second-order valence-corrected chi connectivity index (χ2v) is 14.0. The van der Waals surface area contributed by atoms with Crippen molar-refractivity contribution in [2.24, 2.45) is 0 Å². The summed E-state index contributed by atoms with van der Waals surface area (Å²) in [6.07, 6.45) is 0. The highest BCUT2D eigenvalue weighted by Crippen LogP contribution is 2.44. The van der Waals surface area contributed by atoms with Crippen molar-refractivity contribution >= 4 is 54.3 Å². The molecular weight excluding hydrogens is 671 g/mol. The van der Waals surface area contributed by atoms with Crippen LogP contribution in [-0.4, -0.2) is 15.0 Å². The smallest absolute Gasteiger partial charge is 0.164 e. The van der Waals surface area contributed by atoms with Gasteiger partial charge in [0, 0.05) is 33.0 Å². The van der Waals surface area contributed by atoms with Gasteiger partial charge in [0.2, 0.25) is 0 Å². The highest BCUT2D eigenvalue weighted by atomic mass is 16.3. The van der Waals surface area contributed by atoms with E-state index in [1.807, 2.05) is 42.5 Å². The second-order valence-electron chi connectivity index (χ2n) is 14.0. The molecule has 0 unspecified atom stereocenters. The highest BCUT2D eigenvalue weighted by Gasteiger charge is 2.21. The van der Waals surface area contributed by atoms with Crippen molar-refractivity contribution in [2.45, 2.75) is 0 Å². The molecule has 4 nitrogen and oxygen atoms in total. The van der Waals surface area contributed by atoms with Gasteiger partial charge in [0.05, 0.1) is 0 Å². The Labute approximate surface area is 317 Å². The Kier molecular flexibility index (Phi) is 7.14. The van der Waals surface area contributed by atoms with E-state index >= 15 is 0 Å². The average molecular weight is 702 g/mol. The van der Waals surface area contributed by atoms with Crippen LogP contribution in [0.15, 0.2) is 192 Å². The molecule has 0 spiro atoms. The lowest BCUT2D eigenvalue weighted by atomic mass is 9.93. The van der Waals surface area contributed by atoms with Crippen LogP contribution in [0.3, 0.4) is 0 Å². The molecule has 0 saturated carbocycles. The number of hydrogen-bond donors (Lipinski definition) is 0. The Hall–Kier alpha value is -7.43. The van der Waals surface area contributed by atoms with Gasteiger partial charge >= 0.3 is 0 Å². The third kappa shape index (κ3) is 5.34. The number of rotatable bonds is 5. The van der Waals surface area contributed by atoms with Crippen LogP contribution in [0, 0.1) is 0 Å². The molecule has 0 radical (unpaired) electrons. The minimum atomic E-state index is 0.597. The van der Waals surface area contributed by atoms with Gasteiger partial charge in [-0.2, -0.15) is 0 Å². The molecule has 11 aromatic rings. The fourth-order valence-corrected chi connectivity index (χ4v) is 7.97. The molecule has 11 rings (SSSR count). The van der Waals surface area contributed by atoms with Crippen LogP contribution >= 0.6 is 0 Å². The van der Waals surface area contributed by atoms with Crippen molar-refractivity contribution in [1.29, 1.82) is 0 Å². The summed E-state index contributed by atoms with van der Waals surface area (Å²) in [5, 5.41) is 9.05. The van der Waals surface area contributed by atoms with E-state index in [9.17, 15) is 0 Å². The predicted molar refractivity (Wildman–Crippen MR) is 227 cm³/mol. The lowest BCUT2D eigenvalue weighted by Gasteiger charge is -2.11. The monoisotopic (exact) mass is 701 g/mol. The second kappa shape index (κ2) is 12.6. The number of fused-ring (bicyclic) bond motifs is 6. The molecule has 0 atom stereocenters. The molecule has 2 heterocycles. The molecule has 9 aromatic carbocycles. The van der Waals surface area contributed by atoms with Crippen LogP contribution in [0.25, 0.3) is 111 Å². The van der Waals surface area contributed by atoms with Crippen LogP contribution in [0.4, 0.5) is 0 Å². The number of hydrogen-bond acceptors (Lipinski definition) is 4. The summed E-state index contributed by atoms with van der Waals surface area (Å²) < 4.78 is 6.88. The SMILES string of the molecule is c1ccc(-c2nc(-c3ccc4ccccc4c3)nc(-c3cccc4oc5c(-c6ccc(-c7ccc8ccccc8c7)cc6)c6ccccc6cc5c34)n2)cc1. The van der Waals surface area contributed by atoms with E-state index in [0.29, 0.717) is 17.5 Å². The molecule has 0 amide bonds. The van der Waals surface area contributed by atoms with Crippen molar-refractivity contribution in [3.63, 3.8) is 0 Å². The van der Waals surface area contributed by atoms with Gasteiger partial charge < -0.3 is 4.42 Å². The van der Waals surface area contributed by atoms with Crippen molar-refractivity contribution in [3.8, 4) is 56.4 Å². The van der Waals surface area contributed by atoms with Gasteiger partial charge in [0.1, 0.15) is 11.2 Å². The quantitative estimate of drug-likeness (QED) is 0.179. The molecule has 0 N–H and O–H groups in total. The summed E-state index contributed by atoms with van der Waals surface area (Å²) in [6.45, 7) is 0. The van der Waals surface area contributed by atoms with Gasteiger partial charge in [-0.3, -0.25) is 0 Å². The average Bonchev–Trinajstić information content (AvgIpc) is 3.63. The van der Waals surface area contributed by atoms with E-state index in [2.05, 4.69) is 146 Å². The zero-order valence-corrected chi connectivity index (χ0v) is 29.6. The van der Waals surface area contributed by atoms with Crippen molar-refractivity contribution < 1.29 is 4.42 Å². The third-order valence-corrected chi connectivity index (χ3v) is 10.7. The lowest BCUT2D eigenvalue weighted by Crippen LogP contribution is -2.00. The maximum Gasteiger partial charge on any atom is 0.164 e. The Morgan fingerprint density at radius 1 is 0.327 bits per heavy atom.